The van der Waals surface area contributed by atoms with Gasteiger partial charge in [-0.05, 0) is 0 Å². The molecule has 6 heteroatoms. The summed E-state index contributed by atoms with van der Waals surface area (Å²) >= 11 is 0. The van der Waals surface area contributed by atoms with Gasteiger partial charge in [0.15, 0.2) is 11.6 Å². The zero-order valence-corrected chi connectivity index (χ0v) is 9.09. The van der Waals surface area contributed by atoms with Crippen LogP contribution in [0.15, 0.2) is 10.9 Å². The van der Waals surface area contributed by atoms with Gasteiger partial charge in [0.2, 0.25) is 6.39 Å². The fraction of sp³-hybridized carbons (Fsp3) is 0.800. The van der Waals surface area contributed by atoms with Gasteiger partial charge >= 0.3 is 0 Å². The highest BCUT2D eigenvalue weighted by Crippen LogP contribution is 2.31. The van der Waals surface area contributed by atoms with Crippen molar-refractivity contribution in [2.75, 3.05) is 26.3 Å². The van der Waals surface area contributed by atoms with Crippen LogP contribution in [-0.4, -0.2) is 47.1 Å². The van der Waals surface area contributed by atoms with Gasteiger partial charge < -0.3 is 14.0 Å². The van der Waals surface area contributed by atoms with Crippen molar-refractivity contribution >= 4 is 0 Å². The van der Waals surface area contributed by atoms with E-state index in [4.69, 9.17) is 14.0 Å². The lowest BCUT2D eigenvalue weighted by Crippen LogP contribution is -2.44. The Hall–Kier alpha value is -0.980. The molecule has 3 heterocycles. The third-order valence-electron chi connectivity index (χ3n) is 3.20. The maximum atomic E-state index is 5.67. The molecule has 3 rings (SSSR count). The van der Waals surface area contributed by atoms with Crippen LogP contribution in [0, 0.1) is 0 Å². The first-order valence-corrected chi connectivity index (χ1v) is 5.62. The molecule has 0 saturated carbocycles. The van der Waals surface area contributed by atoms with E-state index in [2.05, 4.69) is 15.0 Å². The summed E-state index contributed by atoms with van der Waals surface area (Å²) in [6, 6.07) is 0. The second-order valence-corrected chi connectivity index (χ2v) is 4.23. The molecule has 2 aliphatic heterocycles. The molecule has 1 aromatic rings. The number of nitrogens with zero attached hydrogens (tertiary/aromatic N) is 3. The molecule has 1 aromatic heterocycles. The monoisotopic (exact) mass is 225 g/mol. The summed E-state index contributed by atoms with van der Waals surface area (Å²) in [4.78, 5) is 6.31. The average molecular weight is 225 g/mol. The van der Waals surface area contributed by atoms with E-state index in [1.807, 2.05) is 0 Å². The van der Waals surface area contributed by atoms with Crippen molar-refractivity contribution < 1.29 is 14.0 Å². The van der Waals surface area contributed by atoms with E-state index in [1.165, 1.54) is 6.39 Å². The quantitative estimate of drug-likeness (QED) is 0.726. The summed E-state index contributed by atoms with van der Waals surface area (Å²) in [7, 11) is 0. The Bertz CT molecular complexity index is 325. The van der Waals surface area contributed by atoms with Crippen LogP contribution in [-0.2, 0) is 16.0 Å². The summed E-state index contributed by atoms with van der Waals surface area (Å²) in [5.74, 6) is 0.442. The minimum Gasteiger partial charge on any atom is -0.347 e. The normalized spacial score (nSPS) is 25.2. The molecule has 6 nitrogen and oxygen atoms in total. The van der Waals surface area contributed by atoms with Gasteiger partial charge in [0.1, 0.15) is 0 Å². The van der Waals surface area contributed by atoms with Crippen LogP contribution >= 0.6 is 0 Å². The van der Waals surface area contributed by atoms with E-state index >= 15 is 0 Å². The summed E-state index contributed by atoms with van der Waals surface area (Å²) in [6.07, 6.45) is 3.21. The van der Waals surface area contributed by atoms with Crippen LogP contribution in [0.1, 0.15) is 18.7 Å². The molecule has 0 bridgehead atoms. The summed E-state index contributed by atoms with van der Waals surface area (Å²) < 4.78 is 16.0. The molecule has 1 spiro atoms. The highest BCUT2D eigenvalue weighted by molar-refractivity contribution is 4.86. The standard InChI is InChI=1S/C10H15N3O3/c1-3-13(7-9-11-8-16-12-9)4-2-10(1)14-5-6-15-10/h8H,1-7H2. The number of hydrogen-bond donors (Lipinski definition) is 0. The van der Waals surface area contributed by atoms with Crippen LogP contribution in [0.2, 0.25) is 0 Å². The number of hydrogen-bond acceptors (Lipinski definition) is 6. The Morgan fingerprint density at radius 1 is 1.25 bits per heavy atom. The topological polar surface area (TPSA) is 60.6 Å². The molecule has 0 unspecified atom stereocenters. The predicted octanol–water partition coefficient (Wildman–Crippen LogP) is 0.408. The fourth-order valence-electron chi connectivity index (χ4n) is 2.30. The van der Waals surface area contributed by atoms with Crippen molar-refractivity contribution in [1.29, 1.82) is 0 Å². The Morgan fingerprint density at radius 2 is 2.00 bits per heavy atom. The van der Waals surface area contributed by atoms with Gasteiger partial charge in [-0.2, -0.15) is 4.98 Å². The van der Waals surface area contributed by atoms with Crippen molar-refractivity contribution in [2.24, 2.45) is 0 Å². The Kier molecular flexibility index (Phi) is 2.62. The molecule has 88 valence electrons. The molecule has 0 amide bonds. The molecule has 0 atom stereocenters. The van der Waals surface area contributed by atoms with E-state index in [9.17, 15) is 0 Å². The molecule has 0 aliphatic carbocycles. The minimum atomic E-state index is -0.298. The van der Waals surface area contributed by atoms with Gasteiger partial charge in [-0.25, -0.2) is 0 Å². The largest absolute Gasteiger partial charge is 0.347 e. The highest BCUT2D eigenvalue weighted by atomic mass is 16.7. The predicted molar refractivity (Wildman–Crippen MR) is 53.4 cm³/mol. The van der Waals surface area contributed by atoms with E-state index < -0.39 is 0 Å². The van der Waals surface area contributed by atoms with E-state index in [0.29, 0.717) is 0 Å². The van der Waals surface area contributed by atoms with E-state index in [0.717, 1.165) is 51.5 Å². The Morgan fingerprint density at radius 3 is 2.62 bits per heavy atom. The van der Waals surface area contributed by atoms with Crippen molar-refractivity contribution in [3.63, 3.8) is 0 Å². The number of aromatic nitrogens is 2. The van der Waals surface area contributed by atoms with Gasteiger partial charge in [-0.3, -0.25) is 4.90 Å². The third-order valence-corrected chi connectivity index (χ3v) is 3.20. The van der Waals surface area contributed by atoms with Gasteiger partial charge in [-0.15, -0.1) is 0 Å². The highest BCUT2D eigenvalue weighted by Gasteiger charge is 2.39. The summed E-state index contributed by atoms with van der Waals surface area (Å²) in [6.45, 7) is 4.10. The molecule has 2 fully saturated rings. The van der Waals surface area contributed by atoms with Gasteiger partial charge in [0.05, 0.1) is 19.8 Å². The number of ether oxygens (including phenoxy) is 2. The maximum absolute atomic E-state index is 5.67. The van der Waals surface area contributed by atoms with Crippen LogP contribution in [0.25, 0.3) is 0 Å². The van der Waals surface area contributed by atoms with Gasteiger partial charge in [-0.1, -0.05) is 5.16 Å². The Labute approximate surface area is 93.5 Å². The molecule has 2 aliphatic rings. The van der Waals surface area contributed by atoms with Crippen LogP contribution < -0.4 is 0 Å². The first-order chi connectivity index (χ1) is 7.86. The number of rotatable bonds is 2. The summed E-state index contributed by atoms with van der Waals surface area (Å²) in [5.41, 5.74) is 0. The number of likely N-dealkylation sites (tertiary alicyclic amines) is 1. The fourth-order valence-corrected chi connectivity index (χ4v) is 2.30. The van der Waals surface area contributed by atoms with Crippen molar-refractivity contribution in [1.82, 2.24) is 15.0 Å². The molecule has 16 heavy (non-hydrogen) atoms. The Balaban J connectivity index is 1.54. The maximum Gasteiger partial charge on any atom is 0.213 e. The first kappa shape index (κ1) is 10.2. The molecule has 0 radical (unpaired) electrons. The van der Waals surface area contributed by atoms with Crippen LogP contribution in [0.5, 0.6) is 0 Å². The van der Waals surface area contributed by atoms with Crippen molar-refractivity contribution in [2.45, 2.75) is 25.2 Å². The second-order valence-electron chi connectivity index (χ2n) is 4.23. The lowest BCUT2D eigenvalue weighted by molar-refractivity contribution is -0.186. The second kappa shape index (κ2) is 4.12. The molecule has 0 N–H and O–H groups in total. The first-order valence-electron chi connectivity index (χ1n) is 5.62. The lowest BCUT2D eigenvalue weighted by atomic mass is 10.0. The average Bonchev–Trinajstić information content (AvgIpc) is 2.94. The molecule has 0 aromatic carbocycles. The summed E-state index contributed by atoms with van der Waals surface area (Å²) in [5, 5.41) is 3.81. The zero-order chi connectivity index (χ0) is 10.8. The third kappa shape index (κ3) is 1.95. The van der Waals surface area contributed by atoms with E-state index in [-0.39, 0.29) is 5.79 Å². The lowest BCUT2D eigenvalue weighted by Gasteiger charge is -2.36. The molecular weight excluding hydrogens is 210 g/mol. The SMILES string of the molecule is c1nc(CN2CCC3(CC2)OCCO3)no1. The molecule has 2 saturated heterocycles. The van der Waals surface area contributed by atoms with Gasteiger partial charge in [0.25, 0.3) is 0 Å². The van der Waals surface area contributed by atoms with Crippen molar-refractivity contribution in [3.8, 4) is 0 Å². The zero-order valence-electron chi connectivity index (χ0n) is 9.09. The van der Waals surface area contributed by atoms with E-state index in [1.54, 1.807) is 0 Å². The van der Waals surface area contributed by atoms with Crippen LogP contribution in [0.3, 0.4) is 0 Å². The molecular formula is C10H15N3O3. The smallest absolute Gasteiger partial charge is 0.213 e. The minimum absolute atomic E-state index is 0.298. The van der Waals surface area contributed by atoms with Crippen LogP contribution in [0.4, 0.5) is 0 Å². The number of piperidine rings is 1. The van der Waals surface area contributed by atoms with Gasteiger partial charge in [0, 0.05) is 25.9 Å². The van der Waals surface area contributed by atoms with Crippen molar-refractivity contribution in [3.05, 3.63) is 12.2 Å².